The number of nitrogens with two attached hydrogens (primary N) is 1. The van der Waals surface area contributed by atoms with E-state index in [1.807, 2.05) is 6.07 Å². The first-order valence-electron chi connectivity index (χ1n) is 9.63. The van der Waals surface area contributed by atoms with Crippen LogP contribution < -0.4 is 15.8 Å². The minimum absolute atomic E-state index is 0.150. The second-order valence-corrected chi connectivity index (χ2v) is 8.16. The van der Waals surface area contributed by atoms with Crippen LogP contribution in [0.3, 0.4) is 0 Å². The van der Waals surface area contributed by atoms with Crippen LogP contribution in [0.4, 0.5) is 10.6 Å². The number of anilines is 1. The second kappa shape index (κ2) is 8.47. The number of benzene rings is 1. The van der Waals surface area contributed by atoms with Crippen molar-refractivity contribution >= 4 is 17.9 Å². The molecule has 162 valence electrons. The highest BCUT2D eigenvalue weighted by Crippen LogP contribution is 2.31. The van der Waals surface area contributed by atoms with E-state index in [9.17, 15) is 14.7 Å². The van der Waals surface area contributed by atoms with Crippen LogP contribution in [-0.2, 0) is 4.74 Å². The number of carbonyl (C=O) groups is 2. The van der Waals surface area contributed by atoms with Crippen LogP contribution in [0, 0.1) is 11.3 Å². The summed E-state index contributed by atoms with van der Waals surface area (Å²) in [6.07, 6.45) is 0.0434. The maximum Gasteiger partial charge on any atom is 0.407 e. The first kappa shape index (κ1) is 21.8. The number of nitriles is 1. The molecule has 1 amide bonds. The zero-order valence-corrected chi connectivity index (χ0v) is 17.4. The first-order valence-corrected chi connectivity index (χ1v) is 9.63. The largest absolute Gasteiger partial charge is 0.477 e. The Hall–Kier alpha value is -3.87. The number of nitrogen functional groups attached to an aromatic ring is 1. The van der Waals surface area contributed by atoms with Gasteiger partial charge in [0, 0.05) is 24.4 Å². The molecule has 1 aromatic carbocycles. The van der Waals surface area contributed by atoms with E-state index in [2.05, 4.69) is 15.3 Å². The van der Waals surface area contributed by atoms with Gasteiger partial charge in [0.15, 0.2) is 11.4 Å². The van der Waals surface area contributed by atoms with Crippen LogP contribution in [0.5, 0.6) is 5.88 Å². The number of rotatable bonds is 5. The average molecular weight is 425 g/mol. The number of nitrogens with one attached hydrogen (secondary N) is 1. The van der Waals surface area contributed by atoms with Gasteiger partial charge in [-0.15, -0.1) is 0 Å². The molecule has 0 saturated heterocycles. The number of aromatic nitrogens is 2. The van der Waals surface area contributed by atoms with Crippen molar-refractivity contribution in [2.45, 2.75) is 51.4 Å². The van der Waals surface area contributed by atoms with Gasteiger partial charge >= 0.3 is 12.1 Å². The van der Waals surface area contributed by atoms with Crippen LogP contribution in [0.25, 0.3) is 11.4 Å². The smallest absolute Gasteiger partial charge is 0.407 e. The molecule has 4 N–H and O–H groups in total. The highest BCUT2D eigenvalue weighted by atomic mass is 16.6. The number of alkyl carbamates (subject to hydrolysis) is 1. The summed E-state index contributed by atoms with van der Waals surface area (Å²) in [6, 6.07) is 8.42. The number of hydrogen-bond acceptors (Lipinski definition) is 8. The Bertz CT molecular complexity index is 1050. The summed E-state index contributed by atoms with van der Waals surface area (Å²) in [4.78, 5) is 31.8. The molecular weight excluding hydrogens is 402 g/mol. The van der Waals surface area contributed by atoms with Gasteiger partial charge in [0.2, 0.25) is 5.88 Å². The Labute approximate surface area is 179 Å². The minimum atomic E-state index is -1.31. The molecule has 0 unspecified atom stereocenters. The van der Waals surface area contributed by atoms with E-state index in [0.29, 0.717) is 24.0 Å². The van der Waals surface area contributed by atoms with Gasteiger partial charge in [-0.2, -0.15) is 10.2 Å². The van der Waals surface area contributed by atoms with Crippen LogP contribution in [0.2, 0.25) is 0 Å². The van der Waals surface area contributed by atoms with Gasteiger partial charge in [-0.1, -0.05) is 12.1 Å². The molecule has 10 nitrogen and oxygen atoms in total. The van der Waals surface area contributed by atoms with Crippen LogP contribution >= 0.6 is 0 Å². The molecule has 31 heavy (non-hydrogen) atoms. The normalized spacial score (nSPS) is 17.7. The highest BCUT2D eigenvalue weighted by Gasteiger charge is 2.35. The zero-order chi connectivity index (χ0) is 22.8. The number of aromatic carboxylic acids is 1. The lowest BCUT2D eigenvalue weighted by atomic mass is 9.89. The van der Waals surface area contributed by atoms with Crippen molar-refractivity contribution in [3.05, 3.63) is 35.4 Å². The summed E-state index contributed by atoms with van der Waals surface area (Å²) in [6.45, 7) is 5.32. The Kier molecular flexibility index (Phi) is 5.97. The predicted molar refractivity (Wildman–Crippen MR) is 110 cm³/mol. The SMILES string of the molecule is CC(C)(C)OC(=O)NC1CC(Oc2nc(-c3cccc(C#N)c3)nc(N)c2C(=O)O)C1. The molecule has 1 aliphatic rings. The molecule has 0 radical (unpaired) electrons. The Balaban J connectivity index is 1.75. The zero-order valence-electron chi connectivity index (χ0n) is 17.4. The molecule has 2 aromatic rings. The molecule has 3 rings (SSSR count). The summed E-state index contributed by atoms with van der Waals surface area (Å²) in [7, 11) is 0. The fourth-order valence-corrected chi connectivity index (χ4v) is 3.01. The summed E-state index contributed by atoms with van der Waals surface area (Å²) in [5.74, 6) is -1.55. The molecule has 0 aliphatic heterocycles. The van der Waals surface area contributed by atoms with E-state index in [4.69, 9.17) is 20.5 Å². The Morgan fingerprint density at radius 3 is 2.61 bits per heavy atom. The van der Waals surface area contributed by atoms with E-state index in [1.54, 1.807) is 45.0 Å². The van der Waals surface area contributed by atoms with E-state index in [-0.39, 0.29) is 35.2 Å². The fourth-order valence-electron chi connectivity index (χ4n) is 3.01. The molecule has 0 spiro atoms. The summed E-state index contributed by atoms with van der Waals surface area (Å²) < 4.78 is 11.0. The number of ether oxygens (including phenoxy) is 2. The molecule has 1 heterocycles. The van der Waals surface area contributed by atoms with Gasteiger partial charge in [-0.25, -0.2) is 14.6 Å². The number of hydrogen-bond donors (Lipinski definition) is 3. The van der Waals surface area contributed by atoms with Gasteiger partial charge in [0.25, 0.3) is 0 Å². The van der Waals surface area contributed by atoms with E-state index in [0.717, 1.165) is 0 Å². The van der Waals surface area contributed by atoms with Crippen molar-refractivity contribution in [2.24, 2.45) is 0 Å². The van der Waals surface area contributed by atoms with Crippen LogP contribution in [-0.4, -0.2) is 44.9 Å². The summed E-state index contributed by atoms with van der Waals surface area (Å²) in [5, 5.41) is 21.3. The number of nitrogens with zero attached hydrogens (tertiary/aromatic N) is 3. The van der Waals surface area contributed by atoms with Crippen molar-refractivity contribution in [1.29, 1.82) is 5.26 Å². The lowest BCUT2D eigenvalue weighted by Gasteiger charge is -2.36. The van der Waals surface area contributed by atoms with E-state index < -0.39 is 17.7 Å². The van der Waals surface area contributed by atoms with Crippen molar-refractivity contribution in [2.75, 3.05) is 5.73 Å². The maximum atomic E-state index is 11.9. The first-order chi connectivity index (χ1) is 14.6. The second-order valence-electron chi connectivity index (χ2n) is 8.16. The maximum absolute atomic E-state index is 11.9. The van der Waals surface area contributed by atoms with Gasteiger partial charge in [0.1, 0.15) is 17.5 Å². The standard InChI is InChI=1S/C21H23N5O5/c1-21(2,3)31-20(29)24-13-8-14(9-13)30-18-15(19(27)28)16(23)25-17(26-18)12-6-4-5-11(7-12)10-22/h4-7,13-14H,8-9H2,1-3H3,(H,24,29)(H,27,28)(H2,23,25,26). The molecule has 1 fully saturated rings. The van der Waals surface area contributed by atoms with Gasteiger partial charge in [-0.3, -0.25) is 0 Å². The number of carboxylic acid groups (broad SMARTS) is 1. The van der Waals surface area contributed by atoms with Crippen LogP contribution in [0.15, 0.2) is 24.3 Å². The molecule has 1 saturated carbocycles. The van der Waals surface area contributed by atoms with Gasteiger partial charge in [-0.05, 0) is 32.9 Å². The Morgan fingerprint density at radius 2 is 2.00 bits per heavy atom. The lowest BCUT2D eigenvalue weighted by molar-refractivity contribution is 0.0352. The topological polar surface area (TPSA) is 160 Å². The van der Waals surface area contributed by atoms with Crippen molar-refractivity contribution in [1.82, 2.24) is 15.3 Å². The van der Waals surface area contributed by atoms with Crippen molar-refractivity contribution in [3.8, 4) is 23.3 Å². The molecule has 0 atom stereocenters. The molecular formula is C21H23N5O5. The monoisotopic (exact) mass is 425 g/mol. The lowest BCUT2D eigenvalue weighted by Crippen LogP contribution is -2.50. The number of carboxylic acids is 1. The molecule has 1 aliphatic carbocycles. The third-order valence-corrected chi connectivity index (χ3v) is 4.46. The van der Waals surface area contributed by atoms with E-state index >= 15 is 0 Å². The minimum Gasteiger partial charge on any atom is -0.477 e. The van der Waals surface area contributed by atoms with Crippen LogP contribution in [0.1, 0.15) is 49.5 Å². The highest BCUT2D eigenvalue weighted by molar-refractivity contribution is 5.95. The third kappa shape index (κ3) is 5.39. The predicted octanol–water partition coefficient (Wildman–Crippen LogP) is 2.73. The van der Waals surface area contributed by atoms with Crippen molar-refractivity contribution in [3.63, 3.8) is 0 Å². The van der Waals surface area contributed by atoms with Gasteiger partial charge in [0.05, 0.1) is 11.6 Å². The van der Waals surface area contributed by atoms with Crippen molar-refractivity contribution < 1.29 is 24.2 Å². The number of carbonyl (C=O) groups excluding carboxylic acids is 1. The summed E-state index contributed by atoms with van der Waals surface area (Å²) in [5.41, 5.74) is 5.85. The van der Waals surface area contributed by atoms with Gasteiger partial charge < -0.3 is 25.6 Å². The average Bonchev–Trinajstić information content (AvgIpc) is 2.64. The van der Waals surface area contributed by atoms with E-state index in [1.165, 1.54) is 0 Å². The Morgan fingerprint density at radius 1 is 1.29 bits per heavy atom. The molecule has 0 bridgehead atoms. The third-order valence-electron chi connectivity index (χ3n) is 4.46. The number of amides is 1. The molecule has 1 aromatic heterocycles. The quantitative estimate of drug-likeness (QED) is 0.654. The fraction of sp³-hybridized carbons (Fsp3) is 0.381. The summed E-state index contributed by atoms with van der Waals surface area (Å²) >= 11 is 0. The molecule has 10 heteroatoms.